The first-order valence-electron chi connectivity index (χ1n) is 8.43. The number of nitrogens with one attached hydrogen (secondary N) is 1. The number of likely N-dealkylation sites (N-methyl/N-ethyl adjacent to an activating group) is 1. The molecule has 0 aliphatic heterocycles. The van der Waals surface area contributed by atoms with Crippen molar-refractivity contribution < 1.29 is 19.1 Å². The van der Waals surface area contributed by atoms with Crippen LogP contribution in [0.1, 0.15) is 29.4 Å². The lowest BCUT2D eigenvalue weighted by Gasteiger charge is -2.20. The Morgan fingerprint density at radius 3 is 2.59 bits per heavy atom. The van der Waals surface area contributed by atoms with Crippen LogP contribution in [0.4, 0.5) is 5.69 Å². The summed E-state index contributed by atoms with van der Waals surface area (Å²) in [4.78, 5) is 38.6. The number of rotatable bonds is 9. The standard InChI is InChI=1S/C19H21ClN2O4S/c1-3-22(12-18(24)21-13-5-4-6-14(11-13)26-2)19(25)10-7-15(23)16-8-9-17(20)27-16/h4-6,8-9,11H,3,7,10,12H2,1-2H3,(H,21,24). The fourth-order valence-corrected chi connectivity index (χ4v) is 3.43. The summed E-state index contributed by atoms with van der Waals surface area (Å²) in [5, 5.41) is 2.74. The van der Waals surface area contributed by atoms with Crippen molar-refractivity contribution in [2.75, 3.05) is 25.5 Å². The number of ether oxygens (including phenoxy) is 1. The molecule has 1 aromatic carbocycles. The lowest BCUT2D eigenvalue weighted by Crippen LogP contribution is -2.38. The number of carbonyl (C=O) groups excluding carboxylic acids is 3. The third-order valence-corrected chi connectivity index (χ3v) is 5.11. The number of anilines is 1. The second-order valence-corrected chi connectivity index (χ2v) is 7.43. The molecular formula is C19H21ClN2O4S. The highest BCUT2D eigenvalue weighted by atomic mass is 35.5. The molecule has 0 bridgehead atoms. The Hall–Kier alpha value is -2.38. The van der Waals surface area contributed by atoms with Gasteiger partial charge in [-0.3, -0.25) is 14.4 Å². The maximum absolute atomic E-state index is 12.4. The summed E-state index contributed by atoms with van der Waals surface area (Å²) in [6.07, 6.45) is 0.137. The van der Waals surface area contributed by atoms with Gasteiger partial charge >= 0.3 is 0 Å². The van der Waals surface area contributed by atoms with Gasteiger partial charge in [0.2, 0.25) is 11.8 Å². The van der Waals surface area contributed by atoms with Gasteiger partial charge in [0.25, 0.3) is 0 Å². The zero-order valence-corrected chi connectivity index (χ0v) is 16.7. The van der Waals surface area contributed by atoms with Crippen molar-refractivity contribution in [2.24, 2.45) is 0 Å². The molecular weight excluding hydrogens is 388 g/mol. The Morgan fingerprint density at radius 1 is 1.19 bits per heavy atom. The molecule has 1 heterocycles. The number of hydrogen-bond acceptors (Lipinski definition) is 5. The molecule has 0 saturated carbocycles. The van der Waals surface area contributed by atoms with E-state index in [0.717, 1.165) is 0 Å². The molecule has 1 aromatic heterocycles. The van der Waals surface area contributed by atoms with Gasteiger partial charge in [-0.1, -0.05) is 17.7 Å². The third kappa shape index (κ3) is 6.37. The summed E-state index contributed by atoms with van der Waals surface area (Å²) in [6, 6.07) is 10.3. The molecule has 0 aliphatic carbocycles. The first-order valence-corrected chi connectivity index (χ1v) is 9.62. The molecule has 144 valence electrons. The first-order chi connectivity index (χ1) is 12.9. The minimum atomic E-state index is -0.310. The van der Waals surface area contributed by atoms with Crippen LogP contribution in [0.25, 0.3) is 0 Å². The maximum atomic E-state index is 12.4. The number of Topliss-reactive ketones (excluding diaryl/α,β-unsaturated/α-hetero) is 1. The van der Waals surface area contributed by atoms with Gasteiger partial charge in [-0.2, -0.15) is 0 Å². The average Bonchev–Trinajstić information content (AvgIpc) is 3.10. The van der Waals surface area contributed by atoms with E-state index in [0.29, 0.717) is 27.2 Å². The van der Waals surface area contributed by atoms with Crippen LogP contribution in [0.2, 0.25) is 4.34 Å². The largest absolute Gasteiger partial charge is 0.497 e. The second-order valence-electron chi connectivity index (χ2n) is 5.71. The molecule has 1 N–H and O–H groups in total. The highest BCUT2D eigenvalue weighted by Gasteiger charge is 2.18. The molecule has 0 saturated heterocycles. The highest BCUT2D eigenvalue weighted by Crippen LogP contribution is 2.23. The molecule has 0 radical (unpaired) electrons. The Balaban J connectivity index is 1.86. The number of nitrogens with zero attached hydrogens (tertiary/aromatic N) is 1. The van der Waals surface area contributed by atoms with Crippen molar-refractivity contribution in [3.8, 4) is 5.75 Å². The molecule has 0 unspecified atom stereocenters. The molecule has 0 fully saturated rings. The van der Waals surface area contributed by atoms with Crippen LogP contribution in [0.15, 0.2) is 36.4 Å². The molecule has 2 rings (SSSR count). The van der Waals surface area contributed by atoms with Crippen molar-refractivity contribution in [2.45, 2.75) is 19.8 Å². The molecule has 27 heavy (non-hydrogen) atoms. The van der Waals surface area contributed by atoms with Gasteiger partial charge in [-0.15, -0.1) is 11.3 Å². The van der Waals surface area contributed by atoms with E-state index in [-0.39, 0.29) is 37.0 Å². The molecule has 6 nitrogen and oxygen atoms in total. The van der Waals surface area contributed by atoms with Gasteiger partial charge in [0.15, 0.2) is 5.78 Å². The smallest absolute Gasteiger partial charge is 0.243 e. The summed E-state index contributed by atoms with van der Waals surface area (Å²) in [5.74, 6) is -0.0512. The first kappa shape index (κ1) is 20.9. The van der Waals surface area contributed by atoms with E-state index in [1.165, 1.54) is 16.2 Å². The predicted octanol–water partition coefficient (Wildman–Crippen LogP) is 3.86. The van der Waals surface area contributed by atoms with Gasteiger partial charge in [0.05, 0.1) is 22.9 Å². The van der Waals surface area contributed by atoms with Gasteiger partial charge < -0.3 is 15.0 Å². The number of thiophene rings is 1. The number of halogens is 1. The van der Waals surface area contributed by atoms with Crippen molar-refractivity contribution in [3.63, 3.8) is 0 Å². The van der Waals surface area contributed by atoms with Crippen molar-refractivity contribution in [1.29, 1.82) is 0 Å². The summed E-state index contributed by atoms with van der Waals surface area (Å²) >= 11 is 7.01. The summed E-state index contributed by atoms with van der Waals surface area (Å²) in [5.41, 5.74) is 0.590. The van der Waals surface area contributed by atoms with Crippen LogP contribution in [0.3, 0.4) is 0 Å². The molecule has 0 aliphatic rings. The van der Waals surface area contributed by atoms with Crippen LogP contribution in [0.5, 0.6) is 5.75 Å². The number of benzene rings is 1. The fourth-order valence-electron chi connectivity index (χ4n) is 2.42. The maximum Gasteiger partial charge on any atom is 0.243 e. The summed E-state index contributed by atoms with van der Waals surface area (Å²) < 4.78 is 5.65. The minimum absolute atomic E-state index is 0.0502. The highest BCUT2D eigenvalue weighted by molar-refractivity contribution is 7.18. The second kappa shape index (κ2) is 10.1. The Morgan fingerprint density at radius 2 is 1.96 bits per heavy atom. The molecule has 8 heteroatoms. The van der Waals surface area contributed by atoms with Crippen molar-refractivity contribution in [1.82, 2.24) is 4.90 Å². The fraction of sp³-hybridized carbons (Fsp3) is 0.316. The van der Waals surface area contributed by atoms with E-state index < -0.39 is 0 Å². The van der Waals surface area contributed by atoms with Gasteiger partial charge in [-0.05, 0) is 31.2 Å². The summed E-state index contributed by atoms with van der Waals surface area (Å²) in [7, 11) is 1.55. The average molecular weight is 409 g/mol. The van der Waals surface area contributed by atoms with Crippen LogP contribution in [-0.4, -0.2) is 42.7 Å². The van der Waals surface area contributed by atoms with E-state index in [4.69, 9.17) is 16.3 Å². The van der Waals surface area contributed by atoms with E-state index in [1.807, 2.05) is 0 Å². The Labute approximate surface area is 167 Å². The molecule has 2 amide bonds. The third-order valence-electron chi connectivity index (χ3n) is 3.84. The number of hydrogen-bond donors (Lipinski definition) is 1. The topological polar surface area (TPSA) is 75.7 Å². The van der Waals surface area contributed by atoms with Gasteiger partial charge in [0, 0.05) is 31.1 Å². The number of ketones is 1. The quantitative estimate of drug-likeness (QED) is 0.639. The summed E-state index contributed by atoms with van der Waals surface area (Å²) in [6.45, 7) is 2.09. The minimum Gasteiger partial charge on any atom is -0.497 e. The lowest BCUT2D eigenvalue weighted by molar-refractivity contribution is -0.134. The van der Waals surface area contributed by atoms with E-state index >= 15 is 0 Å². The van der Waals surface area contributed by atoms with Gasteiger partial charge in [-0.25, -0.2) is 0 Å². The predicted molar refractivity (Wildman–Crippen MR) is 107 cm³/mol. The lowest BCUT2D eigenvalue weighted by atomic mass is 10.2. The van der Waals surface area contributed by atoms with Crippen molar-refractivity contribution in [3.05, 3.63) is 45.6 Å². The Kier molecular flexibility index (Phi) is 7.82. The Bertz CT molecular complexity index is 822. The van der Waals surface area contributed by atoms with Crippen LogP contribution in [0, 0.1) is 0 Å². The molecule has 2 aromatic rings. The van der Waals surface area contributed by atoms with Gasteiger partial charge in [0.1, 0.15) is 5.75 Å². The molecule has 0 spiro atoms. The monoisotopic (exact) mass is 408 g/mol. The normalized spacial score (nSPS) is 10.3. The molecule has 0 atom stereocenters. The van der Waals surface area contributed by atoms with E-state index in [1.54, 1.807) is 50.4 Å². The zero-order chi connectivity index (χ0) is 19.8. The zero-order valence-electron chi connectivity index (χ0n) is 15.2. The van der Waals surface area contributed by atoms with Crippen LogP contribution >= 0.6 is 22.9 Å². The van der Waals surface area contributed by atoms with Crippen LogP contribution < -0.4 is 10.1 Å². The van der Waals surface area contributed by atoms with Crippen molar-refractivity contribution >= 4 is 46.2 Å². The number of methoxy groups -OCH3 is 1. The van der Waals surface area contributed by atoms with E-state index in [9.17, 15) is 14.4 Å². The number of carbonyl (C=O) groups is 3. The van der Waals surface area contributed by atoms with Crippen LogP contribution in [-0.2, 0) is 9.59 Å². The number of amides is 2. The SMILES string of the molecule is CCN(CC(=O)Nc1cccc(OC)c1)C(=O)CCC(=O)c1ccc(Cl)s1. The van der Waals surface area contributed by atoms with E-state index in [2.05, 4.69) is 5.32 Å².